The van der Waals surface area contributed by atoms with Gasteiger partial charge < -0.3 is 20.4 Å². The molecule has 2 fully saturated rings. The molecule has 4 rings (SSSR count). The molecular formula is C26H38F2N6O3SSi. The number of carbonyl (C=O) groups is 1. The third-order valence-corrected chi connectivity index (χ3v) is 11.8. The zero-order valence-corrected chi connectivity index (χ0v) is 24.6. The largest absolute Gasteiger partial charge is 0.371 e. The van der Waals surface area contributed by atoms with Gasteiger partial charge in [-0.3, -0.25) is 9.52 Å². The van der Waals surface area contributed by atoms with Crippen LogP contribution in [0.4, 0.5) is 31.8 Å². The average Bonchev–Trinajstić information content (AvgIpc) is 2.87. The zero-order valence-electron chi connectivity index (χ0n) is 22.8. The predicted octanol–water partition coefficient (Wildman–Crippen LogP) is 4.06. The van der Waals surface area contributed by atoms with E-state index in [0.29, 0.717) is 35.1 Å². The summed E-state index contributed by atoms with van der Waals surface area (Å²) in [5.41, 5.74) is 1.49. The van der Waals surface area contributed by atoms with E-state index in [4.69, 9.17) is 0 Å². The minimum absolute atomic E-state index is 0.0682. The first-order chi connectivity index (χ1) is 18.4. The molecule has 0 aliphatic carbocycles. The number of hydrogen-bond acceptors (Lipinski definition) is 7. The standard InChI is InChI=1S/C26H38F2N6O3SSi/c1-29-11-16-38(36,37)32-20-7-8-21(22(19-20)33-14-17-39(2,3)18-15-33)25(35)31-23-5-4-6-24(30-23)34-12-9-26(27,28)10-13-34/h4-8,19,29,32H,9-18H2,1-3H3,(H,30,31,35). The number of nitrogens with one attached hydrogen (secondary N) is 3. The molecule has 3 heterocycles. The maximum Gasteiger partial charge on any atom is 0.258 e. The molecule has 0 saturated carbocycles. The Hall–Kier alpha value is -2.77. The van der Waals surface area contributed by atoms with Crippen LogP contribution in [0.25, 0.3) is 0 Å². The van der Waals surface area contributed by atoms with Crippen molar-refractivity contribution in [2.45, 2.75) is 43.9 Å². The van der Waals surface area contributed by atoms with Gasteiger partial charge in [0.15, 0.2) is 0 Å². The maximum atomic E-state index is 13.6. The third kappa shape index (κ3) is 7.89. The van der Waals surface area contributed by atoms with Crippen molar-refractivity contribution in [3.8, 4) is 0 Å². The first-order valence-electron chi connectivity index (χ1n) is 13.3. The Morgan fingerprint density at radius 3 is 2.41 bits per heavy atom. The van der Waals surface area contributed by atoms with E-state index in [1.807, 2.05) is 0 Å². The second-order valence-electron chi connectivity index (χ2n) is 11.1. The highest BCUT2D eigenvalue weighted by Crippen LogP contribution is 2.33. The third-order valence-electron chi connectivity index (χ3n) is 7.39. The summed E-state index contributed by atoms with van der Waals surface area (Å²) in [6.45, 7) is 7.01. The fraction of sp³-hybridized carbons (Fsp3) is 0.538. The number of piperidine rings is 1. The van der Waals surface area contributed by atoms with E-state index in [0.717, 1.165) is 25.2 Å². The van der Waals surface area contributed by atoms with Gasteiger partial charge in [0.1, 0.15) is 11.6 Å². The Kier molecular flexibility index (Phi) is 8.81. The molecule has 2 aliphatic rings. The van der Waals surface area contributed by atoms with E-state index in [9.17, 15) is 22.0 Å². The van der Waals surface area contributed by atoms with Gasteiger partial charge in [0.05, 0.1) is 30.8 Å². The second-order valence-corrected chi connectivity index (χ2v) is 18.3. The lowest BCUT2D eigenvalue weighted by Gasteiger charge is -2.38. The van der Waals surface area contributed by atoms with E-state index in [2.05, 4.69) is 38.3 Å². The maximum absolute atomic E-state index is 13.6. The molecule has 0 radical (unpaired) electrons. The lowest BCUT2D eigenvalue weighted by Crippen LogP contribution is -2.43. The van der Waals surface area contributed by atoms with Crippen molar-refractivity contribution in [3.05, 3.63) is 42.0 Å². The molecule has 9 nitrogen and oxygen atoms in total. The van der Waals surface area contributed by atoms with Crippen molar-refractivity contribution < 1.29 is 22.0 Å². The van der Waals surface area contributed by atoms with Crippen LogP contribution in [0, 0.1) is 0 Å². The summed E-state index contributed by atoms with van der Waals surface area (Å²) in [6, 6.07) is 12.3. The van der Waals surface area contributed by atoms with Gasteiger partial charge in [0, 0.05) is 45.6 Å². The molecule has 1 amide bonds. The van der Waals surface area contributed by atoms with Gasteiger partial charge in [-0.15, -0.1) is 0 Å². The quantitative estimate of drug-likeness (QED) is 0.384. The molecule has 13 heteroatoms. The molecule has 214 valence electrons. The first-order valence-corrected chi connectivity index (χ1v) is 18.4. The average molecular weight is 581 g/mol. The van der Waals surface area contributed by atoms with Crippen LogP contribution in [-0.2, 0) is 10.0 Å². The smallest absolute Gasteiger partial charge is 0.258 e. The van der Waals surface area contributed by atoms with Crippen LogP contribution in [0.1, 0.15) is 23.2 Å². The van der Waals surface area contributed by atoms with Crippen LogP contribution >= 0.6 is 0 Å². The molecule has 0 unspecified atom stereocenters. The van der Waals surface area contributed by atoms with E-state index >= 15 is 0 Å². The molecule has 1 aromatic heterocycles. The van der Waals surface area contributed by atoms with Crippen molar-refractivity contribution in [1.82, 2.24) is 10.3 Å². The number of hydrogen-bond donors (Lipinski definition) is 3. The van der Waals surface area contributed by atoms with Gasteiger partial charge in [0.25, 0.3) is 11.8 Å². The van der Waals surface area contributed by atoms with Gasteiger partial charge in [-0.2, -0.15) is 0 Å². The summed E-state index contributed by atoms with van der Waals surface area (Å²) in [5, 5.41) is 5.69. The normalized spacial score (nSPS) is 19.0. The summed E-state index contributed by atoms with van der Waals surface area (Å²) in [6.07, 6.45) is -0.454. The number of pyridine rings is 1. The number of alkyl halides is 2. The number of aromatic nitrogens is 1. The van der Waals surface area contributed by atoms with Crippen LogP contribution in [0.2, 0.25) is 25.2 Å². The van der Waals surface area contributed by atoms with Crippen molar-refractivity contribution in [1.29, 1.82) is 0 Å². The molecule has 39 heavy (non-hydrogen) atoms. The minimum Gasteiger partial charge on any atom is -0.371 e. The Morgan fingerprint density at radius 2 is 1.74 bits per heavy atom. The SMILES string of the molecule is CNCCS(=O)(=O)Nc1ccc(C(=O)Nc2cccc(N3CCC(F)(F)CC3)n2)c(N2CC[Si](C)(C)CC2)c1. The summed E-state index contributed by atoms with van der Waals surface area (Å²) in [7, 11) is -3.15. The number of amides is 1. The fourth-order valence-electron chi connectivity index (χ4n) is 4.78. The van der Waals surface area contributed by atoms with Gasteiger partial charge in [-0.05, 0) is 49.5 Å². The topological polar surface area (TPSA) is 107 Å². The molecule has 3 N–H and O–H groups in total. The summed E-state index contributed by atoms with van der Waals surface area (Å²) in [4.78, 5) is 21.9. The Balaban J connectivity index is 1.56. The summed E-state index contributed by atoms with van der Waals surface area (Å²) in [5.74, 6) is -2.23. The van der Waals surface area contributed by atoms with E-state index in [1.165, 1.54) is 0 Å². The van der Waals surface area contributed by atoms with Crippen LogP contribution < -0.4 is 25.2 Å². The van der Waals surface area contributed by atoms with Crippen molar-refractivity contribution >= 4 is 47.0 Å². The monoisotopic (exact) mass is 580 g/mol. The van der Waals surface area contributed by atoms with Gasteiger partial charge in [0.2, 0.25) is 10.0 Å². The molecule has 0 atom stereocenters. The van der Waals surface area contributed by atoms with E-state index in [-0.39, 0.29) is 37.6 Å². The molecule has 2 saturated heterocycles. The number of carbonyl (C=O) groups excluding carboxylic acids is 1. The fourth-order valence-corrected chi connectivity index (χ4v) is 7.85. The van der Waals surface area contributed by atoms with Gasteiger partial charge in [-0.25, -0.2) is 22.2 Å². The highest BCUT2D eigenvalue weighted by atomic mass is 32.2. The summed E-state index contributed by atoms with van der Waals surface area (Å²) >= 11 is 0. The Morgan fingerprint density at radius 1 is 1.05 bits per heavy atom. The number of halogens is 2. The molecule has 1 aromatic carbocycles. The van der Waals surface area contributed by atoms with Crippen molar-refractivity contribution in [3.63, 3.8) is 0 Å². The van der Waals surface area contributed by atoms with Crippen LogP contribution in [0.15, 0.2) is 36.4 Å². The number of benzene rings is 1. The number of rotatable bonds is 9. The molecule has 0 spiro atoms. The predicted molar refractivity (Wildman–Crippen MR) is 156 cm³/mol. The number of nitrogens with zero attached hydrogens (tertiary/aromatic N) is 3. The number of sulfonamides is 1. The van der Waals surface area contributed by atoms with Gasteiger partial charge >= 0.3 is 0 Å². The van der Waals surface area contributed by atoms with E-state index < -0.39 is 24.0 Å². The number of anilines is 4. The molecule has 0 bridgehead atoms. The van der Waals surface area contributed by atoms with Crippen LogP contribution in [0.3, 0.4) is 0 Å². The van der Waals surface area contributed by atoms with E-state index in [1.54, 1.807) is 48.3 Å². The Labute approximate surface area is 230 Å². The lowest BCUT2D eigenvalue weighted by molar-refractivity contribution is -0.0221. The first kappa shape index (κ1) is 29.2. The lowest BCUT2D eigenvalue weighted by atomic mass is 10.1. The van der Waals surface area contributed by atoms with Gasteiger partial charge in [-0.1, -0.05) is 19.2 Å². The highest BCUT2D eigenvalue weighted by molar-refractivity contribution is 7.92. The van der Waals surface area contributed by atoms with Crippen molar-refractivity contribution in [2.24, 2.45) is 0 Å². The minimum atomic E-state index is -3.55. The van der Waals surface area contributed by atoms with Crippen LogP contribution in [0.5, 0.6) is 0 Å². The van der Waals surface area contributed by atoms with Crippen LogP contribution in [-0.4, -0.2) is 78.8 Å². The molecule has 2 aliphatic heterocycles. The molecular weight excluding hydrogens is 542 g/mol. The molecule has 2 aromatic rings. The second kappa shape index (κ2) is 11.8. The zero-order chi connectivity index (χ0) is 28.3. The van der Waals surface area contributed by atoms with Crippen molar-refractivity contribution in [2.75, 3.05) is 65.4 Å². The summed E-state index contributed by atoms with van der Waals surface area (Å²) < 4.78 is 54.8. The highest BCUT2D eigenvalue weighted by Gasteiger charge is 2.34. The Bertz CT molecular complexity index is 1270.